The van der Waals surface area contributed by atoms with Crippen molar-refractivity contribution >= 4 is 17.5 Å². The van der Waals surface area contributed by atoms with Crippen LogP contribution in [0.15, 0.2) is 23.4 Å². The lowest BCUT2D eigenvalue weighted by atomic mass is 9.37. The molecule has 1 saturated carbocycles. The summed E-state index contributed by atoms with van der Waals surface area (Å²) in [5.74, 6) is -0.449. The van der Waals surface area contributed by atoms with Crippen molar-refractivity contribution in [1.29, 1.82) is 0 Å². The molecule has 1 spiro atoms. The number of esters is 1. The number of fused-ring (bicyclic) bond motifs is 6. The molecule has 3 aliphatic heterocycles. The van der Waals surface area contributed by atoms with E-state index in [4.69, 9.17) is 9.47 Å². The largest absolute Gasteiger partial charge is 0.469 e. The van der Waals surface area contributed by atoms with E-state index in [1.165, 1.54) is 12.8 Å². The van der Waals surface area contributed by atoms with E-state index in [2.05, 4.69) is 38.7 Å². The van der Waals surface area contributed by atoms with E-state index in [0.29, 0.717) is 5.92 Å². The predicted octanol–water partition coefficient (Wildman–Crippen LogP) is 5.07. The van der Waals surface area contributed by atoms with Gasteiger partial charge in [-0.25, -0.2) is 0 Å². The highest BCUT2D eigenvalue weighted by Gasteiger charge is 2.72. The summed E-state index contributed by atoms with van der Waals surface area (Å²) in [5.41, 5.74) is 0.457. The molecule has 0 aromatic rings. The summed E-state index contributed by atoms with van der Waals surface area (Å²) in [4.78, 5) is 43.4. The number of hydrogen-bond acceptors (Lipinski definition) is 6. The molecule has 3 heterocycles. The zero-order chi connectivity index (χ0) is 26.7. The number of allylic oxidation sites excluding steroid dienone is 4. The van der Waals surface area contributed by atoms with Gasteiger partial charge in [0.15, 0.2) is 5.78 Å². The lowest BCUT2D eigenvalue weighted by Gasteiger charge is -2.68. The van der Waals surface area contributed by atoms with Gasteiger partial charge in [0, 0.05) is 40.8 Å². The first-order chi connectivity index (χ1) is 17.3. The van der Waals surface area contributed by atoms with E-state index in [1.54, 1.807) is 6.08 Å². The Labute approximate surface area is 221 Å². The fraction of sp³-hybridized carbons (Fsp3) is 0.774. The summed E-state index contributed by atoms with van der Waals surface area (Å²) in [6.07, 6.45) is 9.21. The van der Waals surface area contributed by atoms with Crippen molar-refractivity contribution < 1.29 is 23.9 Å². The molecular formula is C31H43NO5. The number of Topliss-reactive ketones (excluding diaryl/α,β-unsaturated/α-hetero) is 1. The van der Waals surface area contributed by atoms with Crippen LogP contribution in [0.3, 0.4) is 0 Å². The van der Waals surface area contributed by atoms with Gasteiger partial charge in [-0.3, -0.25) is 14.4 Å². The van der Waals surface area contributed by atoms with Crippen molar-refractivity contribution in [3.05, 3.63) is 23.4 Å². The monoisotopic (exact) mass is 509 g/mol. The number of rotatable bonds is 2. The third-order valence-electron chi connectivity index (χ3n) is 11.9. The predicted molar refractivity (Wildman–Crippen MR) is 139 cm³/mol. The molecule has 3 saturated heterocycles. The van der Waals surface area contributed by atoms with Crippen LogP contribution in [0.4, 0.5) is 0 Å². The van der Waals surface area contributed by atoms with Gasteiger partial charge in [-0.2, -0.15) is 0 Å². The first-order valence-corrected chi connectivity index (χ1v) is 14.3. The van der Waals surface area contributed by atoms with Crippen LogP contribution in [0.25, 0.3) is 0 Å². The highest BCUT2D eigenvalue weighted by atomic mass is 16.5. The highest BCUT2D eigenvalue weighted by molar-refractivity contribution is 6.00. The number of ketones is 2. The normalized spacial score (nSPS) is 50.3. The molecule has 0 amide bonds. The third-order valence-corrected chi connectivity index (χ3v) is 11.9. The lowest BCUT2D eigenvalue weighted by Crippen LogP contribution is -2.68. The molecule has 10 atom stereocenters. The topological polar surface area (TPSA) is 72.9 Å². The summed E-state index contributed by atoms with van der Waals surface area (Å²) in [7, 11) is 1.44. The fourth-order valence-electron chi connectivity index (χ4n) is 10.1. The van der Waals surface area contributed by atoms with E-state index >= 15 is 0 Å². The number of nitrogens with zero attached hydrogens (tertiary/aromatic N) is 1. The summed E-state index contributed by atoms with van der Waals surface area (Å²) in [5, 5.41) is 0. The molecule has 0 N–H and O–H groups in total. The number of piperidine rings is 1. The first kappa shape index (κ1) is 25.3. The van der Waals surface area contributed by atoms with Crippen LogP contribution in [0.1, 0.15) is 80.1 Å². The Morgan fingerprint density at radius 3 is 2.62 bits per heavy atom. The average Bonchev–Trinajstić information content (AvgIpc) is 3.09. The van der Waals surface area contributed by atoms with Crippen molar-refractivity contribution in [1.82, 2.24) is 4.90 Å². The smallest absolute Gasteiger partial charge is 0.306 e. The highest BCUT2D eigenvalue weighted by Crippen LogP contribution is 2.72. The summed E-state index contributed by atoms with van der Waals surface area (Å²) in [6.45, 7) is 13.8. The van der Waals surface area contributed by atoms with Gasteiger partial charge in [0.25, 0.3) is 0 Å². The number of carbonyl (C=O) groups excluding carboxylic acids is 3. The SMILES string of the molecule is COC(=O)C[C@@]1(C)[C@H]2C(=O)[C@H](C)[C@@H]3C(=O)C=C(C)C[C@H]3[C@]2(C)C=C2N3C[C@H]4C[C@H](C)C[C@]3(CC[C@]21C)O4. The number of methoxy groups -OCH3 is 1. The molecule has 0 radical (unpaired) electrons. The molecule has 202 valence electrons. The zero-order valence-electron chi connectivity index (χ0n) is 23.6. The van der Waals surface area contributed by atoms with Crippen molar-refractivity contribution in [2.45, 2.75) is 91.9 Å². The van der Waals surface area contributed by atoms with Gasteiger partial charge in [0.05, 0.1) is 19.6 Å². The minimum atomic E-state index is -0.642. The lowest BCUT2D eigenvalue weighted by molar-refractivity contribution is -0.200. The van der Waals surface area contributed by atoms with Crippen LogP contribution in [-0.4, -0.2) is 47.9 Å². The second-order valence-corrected chi connectivity index (χ2v) is 14.1. The molecule has 6 heteroatoms. The molecule has 6 nitrogen and oxygen atoms in total. The van der Waals surface area contributed by atoms with E-state index < -0.39 is 10.8 Å². The van der Waals surface area contributed by atoms with E-state index in [-0.39, 0.29) is 64.9 Å². The molecule has 6 rings (SSSR count). The molecule has 2 bridgehead atoms. The molecule has 0 aromatic carbocycles. The van der Waals surface area contributed by atoms with Crippen LogP contribution in [-0.2, 0) is 23.9 Å². The fourth-order valence-corrected chi connectivity index (χ4v) is 10.1. The number of carbonyl (C=O) groups is 3. The molecule has 37 heavy (non-hydrogen) atoms. The van der Waals surface area contributed by atoms with Crippen LogP contribution < -0.4 is 0 Å². The van der Waals surface area contributed by atoms with Crippen LogP contribution in [0.5, 0.6) is 0 Å². The Bertz CT molecular complexity index is 1140. The van der Waals surface area contributed by atoms with Gasteiger partial charge in [-0.1, -0.05) is 46.3 Å². The standard InChI is InChI=1S/C31H43NO5/c1-17-11-21-25(22(33)12-17)19(3)26(35)27-28(21,4)14-23-29(5,30(27,6)15-24(34)36-7)8-9-31-13-18(2)10-20(37-31)16-32(23)31/h12,14,18-21,25,27H,8-11,13,15-16H2,1-7H3/t18-,19+,20+,21+,25-,27-,28-,29+,30-,31-/m0/s1. The third kappa shape index (κ3) is 3.11. The zero-order valence-corrected chi connectivity index (χ0v) is 23.6. The molecule has 3 aliphatic carbocycles. The maximum Gasteiger partial charge on any atom is 0.306 e. The minimum Gasteiger partial charge on any atom is -0.469 e. The maximum absolute atomic E-state index is 14.4. The van der Waals surface area contributed by atoms with Gasteiger partial charge in [0.1, 0.15) is 11.5 Å². The Balaban J connectivity index is 1.59. The molecular weight excluding hydrogens is 466 g/mol. The Morgan fingerprint density at radius 2 is 1.92 bits per heavy atom. The summed E-state index contributed by atoms with van der Waals surface area (Å²) >= 11 is 0. The number of hydrogen-bond donors (Lipinski definition) is 0. The molecule has 0 aromatic heterocycles. The second-order valence-electron chi connectivity index (χ2n) is 14.1. The van der Waals surface area contributed by atoms with Crippen molar-refractivity contribution in [3.8, 4) is 0 Å². The van der Waals surface area contributed by atoms with Crippen LogP contribution in [0.2, 0.25) is 0 Å². The van der Waals surface area contributed by atoms with Crippen molar-refractivity contribution in [2.24, 2.45) is 45.8 Å². The Hall–Kier alpha value is -1.95. The summed E-state index contributed by atoms with van der Waals surface area (Å²) < 4.78 is 12.0. The maximum atomic E-state index is 14.4. The van der Waals surface area contributed by atoms with E-state index in [9.17, 15) is 14.4 Å². The van der Waals surface area contributed by atoms with Gasteiger partial charge in [-0.05, 0) is 62.4 Å². The van der Waals surface area contributed by atoms with Gasteiger partial charge < -0.3 is 14.4 Å². The first-order valence-electron chi connectivity index (χ1n) is 14.3. The molecule has 0 unspecified atom stereocenters. The second kappa shape index (κ2) is 7.80. The quantitative estimate of drug-likeness (QED) is 0.484. The Kier molecular flexibility index (Phi) is 5.34. The van der Waals surface area contributed by atoms with E-state index in [0.717, 1.165) is 44.2 Å². The van der Waals surface area contributed by atoms with Gasteiger partial charge in [0.2, 0.25) is 0 Å². The average molecular weight is 510 g/mol. The van der Waals surface area contributed by atoms with Crippen molar-refractivity contribution in [3.63, 3.8) is 0 Å². The Morgan fingerprint density at radius 1 is 1.19 bits per heavy atom. The number of ether oxygens (including phenoxy) is 2. The summed E-state index contributed by atoms with van der Waals surface area (Å²) in [6, 6.07) is 0. The van der Waals surface area contributed by atoms with Crippen molar-refractivity contribution in [2.75, 3.05) is 13.7 Å². The molecule has 4 fully saturated rings. The van der Waals surface area contributed by atoms with Crippen LogP contribution >= 0.6 is 0 Å². The van der Waals surface area contributed by atoms with Gasteiger partial charge >= 0.3 is 5.97 Å². The van der Waals surface area contributed by atoms with Crippen LogP contribution in [0, 0.1) is 45.8 Å². The minimum absolute atomic E-state index is 0.0245. The van der Waals surface area contributed by atoms with E-state index in [1.807, 2.05) is 13.8 Å². The molecule has 6 aliphatic rings. The van der Waals surface area contributed by atoms with Gasteiger partial charge in [-0.15, -0.1) is 0 Å².